The van der Waals surface area contributed by atoms with Crippen LogP contribution in [0.3, 0.4) is 0 Å². The number of aryl methyl sites for hydroxylation is 2. The van der Waals surface area contributed by atoms with Crippen molar-refractivity contribution in [3.05, 3.63) is 58.7 Å². The lowest BCUT2D eigenvalue weighted by Crippen LogP contribution is -2.42. The van der Waals surface area contributed by atoms with Gasteiger partial charge in [-0.3, -0.25) is 10.1 Å². The molecule has 0 fully saturated rings. The van der Waals surface area contributed by atoms with Gasteiger partial charge in [0.05, 0.1) is 6.04 Å². The maximum absolute atomic E-state index is 12.5. The summed E-state index contributed by atoms with van der Waals surface area (Å²) in [5.41, 5.74) is 5.19. The van der Waals surface area contributed by atoms with E-state index in [0.717, 1.165) is 17.1 Å². The summed E-state index contributed by atoms with van der Waals surface area (Å²) < 4.78 is 10.7. The zero-order chi connectivity index (χ0) is 19.5. The van der Waals surface area contributed by atoms with Gasteiger partial charge >= 0.3 is 0 Å². The van der Waals surface area contributed by atoms with Gasteiger partial charge in [-0.2, -0.15) is 0 Å². The van der Waals surface area contributed by atoms with Gasteiger partial charge in [0.1, 0.15) is 0 Å². The number of benzene rings is 2. The van der Waals surface area contributed by atoms with E-state index in [4.69, 9.17) is 9.47 Å². The van der Waals surface area contributed by atoms with Crippen molar-refractivity contribution >= 4 is 5.91 Å². The van der Waals surface area contributed by atoms with Crippen LogP contribution >= 0.6 is 0 Å². The predicted octanol–water partition coefficient (Wildman–Crippen LogP) is 3.65. The monoisotopic (exact) mass is 380 g/mol. The second-order valence-electron chi connectivity index (χ2n) is 7.75. The summed E-state index contributed by atoms with van der Waals surface area (Å²) in [5, 5.41) is 6.42. The molecule has 2 aliphatic rings. The van der Waals surface area contributed by atoms with E-state index in [9.17, 15) is 4.79 Å². The summed E-state index contributed by atoms with van der Waals surface area (Å²) >= 11 is 0. The van der Waals surface area contributed by atoms with Crippen molar-refractivity contribution in [1.29, 1.82) is 0 Å². The fourth-order valence-electron chi connectivity index (χ4n) is 3.96. The number of hydrogen-bond donors (Lipinski definition) is 2. The molecule has 5 nitrogen and oxygen atoms in total. The molecule has 5 heteroatoms. The number of carbonyl (C=O) groups is 1. The molecule has 0 unspecified atom stereocenters. The molecule has 0 bridgehead atoms. The van der Waals surface area contributed by atoms with Crippen LogP contribution in [0.4, 0.5) is 0 Å². The average molecular weight is 380 g/mol. The summed E-state index contributed by atoms with van der Waals surface area (Å²) in [6.45, 7) is 4.75. The maximum Gasteiger partial charge on any atom is 0.237 e. The SMILES string of the molecule is C[C@H](N[C@H](C)c1ccc2c(c1)CCCC2)C(=O)NCc1ccc2c(c1)OCO2. The van der Waals surface area contributed by atoms with Gasteiger partial charge in [0.25, 0.3) is 0 Å². The molecule has 148 valence electrons. The average Bonchev–Trinajstić information content (AvgIpc) is 3.19. The molecule has 4 rings (SSSR count). The molecule has 0 saturated carbocycles. The van der Waals surface area contributed by atoms with Crippen LogP contribution in [0.15, 0.2) is 36.4 Å². The molecule has 1 aliphatic heterocycles. The van der Waals surface area contributed by atoms with Gasteiger partial charge in [-0.1, -0.05) is 24.3 Å². The number of hydrogen-bond acceptors (Lipinski definition) is 4. The van der Waals surface area contributed by atoms with E-state index in [-0.39, 0.29) is 24.8 Å². The highest BCUT2D eigenvalue weighted by atomic mass is 16.7. The van der Waals surface area contributed by atoms with Gasteiger partial charge in [0.2, 0.25) is 12.7 Å². The zero-order valence-electron chi connectivity index (χ0n) is 16.6. The van der Waals surface area contributed by atoms with Gasteiger partial charge in [-0.05, 0) is 73.9 Å². The first-order valence-electron chi connectivity index (χ1n) is 10.1. The molecule has 2 N–H and O–H groups in total. The highest BCUT2D eigenvalue weighted by Gasteiger charge is 2.18. The van der Waals surface area contributed by atoms with Crippen molar-refractivity contribution in [3.8, 4) is 11.5 Å². The Morgan fingerprint density at radius 2 is 1.79 bits per heavy atom. The minimum atomic E-state index is -0.278. The van der Waals surface area contributed by atoms with Crippen LogP contribution < -0.4 is 20.1 Å². The Hall–Kier alpha value is -2.53. The molecular formula is C23H28N2O3. The van der Waals surface area contributed by atoms with Crippen molar-refractivity contribution in [3.63, 3.8) is 0 Å². The van der Waals surface area contributed by atoms with E-state index in [1.807, 2.05) is 25.1 Å². The lowest BCUT2D eigenvalue weighted by molar-refractivity contribution is -0.123. The van der Waals surface area contributed by atoms with Gasteiger partial charge in [0.15, 0.2) is 11.5 Å². The van der Waals surface area contributed by atoms with Crippen molar-refractivity contribution in [2.75, 3.05) is 6.79 Å². The van der Waals surface area contributed by atoms with Gasteiger partial charge < -0.3 is 14.8 Å². The summed E-state index contributed by atoms with van der Waals surface area (Å²) in [4.78, 5) is 12.5. The number of rotatable bonds is 6. The van der Waals surface area contributed by atoms with Crippen molar-refractivity contribution in [2.24, 2.45) is 0 Å². The number of nitrogens with one attached hydrogen (secondary N) is 2. The van der Waals surface area contributed by atoms with Crippen LogP contribution in [0.25, 0.3) is 0 Å². The van der Waals surface area contributed by atoms with E-state index < -0.39 is 0 Å². The molecule has 2 aromatic carbocycles. The Labute approximate surface area is 166 Å². The van der Waals surface area contributed by atoms with Crippen molar-refractivity contribution in [1.82, 2.24) is 10.6 Å². The third-order valence-electron chi connectivity index (χ3n) is 5.67. The van der Waals surface area contributed by atoms with E-state index >= 15 is 0 Å². The third kappa shape index (κ3) is 4.14. The second kappa shape index (κ2) is 8.23. The Balaban J connectivity index is 1.31. The molecule has 28 heavy (non-hydrogen) atoms. The number of carbonyl (C=O) groups excluding carboxylic acids is 1. The number of fused-ring (bicyclic) bond motifs is 2. The highest BCUT2D eigenvalue weighted by molar-refractivity contribution is 5.81. The zero-order valence-corrected chi connectivity index (χ0v) is 16.6. The Kier molecular flexibility index (Phi) is 5.53. The number of amides is 1. The molecule has 0 radical (unpaired) electrons. The fourth-order valence-corrected chi connectivity index (χ4v) is 3.96. The van der Waals surface area contributed by atoms with Crippen LogP contribution in [0.2, 0.25) is 0 Å². The van der Waals surface area contributed by atoms with Crippen LogP contribution in [-0.4, -0.2) is 18.7 Å². The smallest absolute Gasteiger partial charge is 0.237 e. The van der Waals surface area contributed by atoms with E-state index in [2.05, 4.69) is 35.8 Å². The van der Waals surface area contributed by atoms with Crippen molar-refractivity contribution in [2.45, 2.75) is 58.2 Å². The predicted molar refractivity (Wildman–Crippen MR) is 109 cm³/mol. The molecule has 0 spiro atoms. The van der Waals surface area contributed by atoms with Gasteiger partial charge in [-0.15, -0.1) is 0 Å². The molecule has 1 heterocycles. The lowest BCUT2D eigenvalue weighted by atomic mass is 9.89. The first-order chi connectivity index (χ1) is 13.6. The van der Waals surface area contributed by atoms with Crippen LogP contribution in [0, 0.1) is 0 Å². The minimum Gasteiger partial charge on any atom is -0.454 e. The molecule has 2 atom stereocenters. The second-order valence-corrected chi connectivity index (χ2v) is 7.75. The first kappa shape index (κ1) is 18.8. The molecule has 2 aromatic rings. The van der Waals surface area contributed by atoms with Crippen LogP contribution in [-0.2, 0) is 24.2 Å². The fraction of sp³-hybridized carbons (Fsp3) is 0.435. The summed E-state index contributed by atoms with van der Waals surface area (Å²) in [5.74, 6) is 1.48. The summed E-state index contributed by atoms with van der Waals surface area (Å²) in [6.07, 6.45) is 4.93. The molecule has 0 aromatic heterocycles. The van der Waals surface area contributed by atoms with E-state index in [0.29, 0.717) is 6.54 Å². The Morgan fingerprint density at radius 3 is 2.64 bits per heavy atom. The molecular weight excluding hydrogens is 352 g/mol. The van der Waals surface area contributed by atoms with Crippen LogP contribution in [0.1, 0.15) is 55.0 Å². The standard InChI is InChI=1S/C23H28N2O3/c1-15(19-9-8-18-5-3-4-6-20(18)12-19)25-16(2)23(26)24-13-17-7-10-21-22(11-17)28-14-27-21/h7-12,15-16,25H,3-6,13-14H2,1-2H3,(H,24,26)/t15-,16+/m1/s1. The molecule has 1 amide bonds. The first-order valence-corrected chi connectivity index (χ1v) is 10.1. The Bertz CT molecular complexity index is 865. The molecule has 1 aliphatic carbocycles. The normalized spacial score (nSPS) is 16.9. The summed E-state index contributed by atoms with van der Waals surface area (Å²) in [6, 6.07) is 12.3. The van der Waals surface area contributed by atoms with Crippen LogP contribution in [0.5, 0.6) is 11.5 Å². The summed E-state index contributed by atoms with van der Waals surface area (Å²) in [7, 11) is 0. The van der Waals surface area contributed by atoms with E-state index in [1.54, 1.807) is 0 Å². The topological polar surface area (TPSA) is 59.6 Å². The maximum atomic E-state index is 12.5. The van der Waals surface area contributed by atoms with E-state index in [1.165, 1.54) is 42.4 Å². The van der Waals surface area contributed by atoms with Gasteiger partial charge in [0, 0.05) is 12.6 Å². The largest absolute Gasteiger partial charge is 0.454 e. The minimum absolute atomic E-state index is 0.0116. The quantitative estimate of drug-likeness (QED) is 0.803. The molecule has 0 saturated heterocycles. The Morgan fingerprint density at radius 1 is 1.00 bits per heavy atom. The highest BCUT2D eigenvalue weighted by Crippen LogP contribution is 2.32. The van der Waals surface area contributed by atoms with Gasteiger partial charge in [-0.25, -0.2) is 0 Å². The number of ether oxygens (including phenoxy) is 2. The lowest BCUT2D eigenvalue weighted by Gasteiger charge is -2.22. The van der Waals surface area contributed by atoms with Crippen molar-refractivity contribution < 1.29 is 14.3 Å². The third-order valence-corrected chi connectivity index (χ3v) is 5.67.